The Hall–Kier alpha value is -0.850. The number of nitrogens with one attached hydrogen (secondary N) is 1. The van der Waals surface area contributed by atoms with Gasteiger partial charge in [-0.15, -0.1) is 21.5 Å². The number of hydrogen-bond acceptors (Lipinski definition) is 6. The molecule has 0 aromatic carbocycles. The lowest BCUT2D eigenvalue weighted by Gasteiger charge is -2.05. The van der Waals surface area contributed by atoms with E-state index in [2.05, 4.69) is 34.3 Å². The molecule has 0 saturated heterocycles. The highest BCUT2D eigenvalue weighted by atomic mass is 32.1. The first-order valence-corrected chi connectivity index (χ1v) is 8.19. The summed E-state index contributed by atoms with van der Waals surface area (Å²) in [7, 11) is 0. The third kappa shape index (κ3) is 4.06. The van der Waals surface area contributed by atoms with Crippen molar-refractivity contribution in [2.24, 2.45) is 0 Å². The summed E-state index contributed by atoms with van der Waals surface area (Å²) in [6.07, 6.45) is 2.10. The van der Waals surface area contributed by atoms with Crippen LogP contribution in [0.3, 0.4) is 0 Å². The molecule has 0 spiro atoms. The van der Waals surface area contributed by atoms with Crippen molar-refractivity contribution in [1.82, 2.24) is 20.5 Å². The van der Waals surface area contributed by atoms with Gasteiger partial charge >= 0.3 is 0 Å². The minimum atomic E-state index is 0.549. The lowest BCUT2D eigenvalue weighted by molar-refractivity contribution is 0.569. The molecule has 2 aromatic heterocycles. The highest BCUT2D eigenvalue weighted by Gasteiger charge is 2.12. The van der Waals surface area contributed by atoms with E-state index in [9.17, 15) is 0 Å². The normalized spacial score (nSPS) is 11.4. The lowest BCUT2D eigenvalue weighted by Crippen LogP contribution is -2.23. The summed E-state index contributed by atoms with van der Waals surface area (Å²) < 4.78 is 0. The summed E-state index contributed by atoms with van der Waals surface area (Å²) >= 11 is 3.39. The van der Waals surface area contributed by atoms with Crippen molar-refractivity contribution in [2.45, 2.75) is 46.6 Å². The van der Waals surface area contributed by atoms with E-state index in [1.165, 1.54) is 4.88 Å². The maximum atomic E-state index is 4.44. The van der Waals surface area contributed by atoms with Crippen LogP contribution in [0.15, 0.2) is 0 Å². The lowest BCUT2D eigenvalue weighted by atomic mass is 10.3. The van der Waals surface area contributed by atoms with Crippen molar-refractivity contribution in [3.05, 3.63) is 15.7 Å². The second kappa shape index (κ2) is 6.54. The molecule has 1 N–H and O–H groups in total. The van der Waals surface area contributed by atoms with Gasteiger partial charge in [-0.3, -0.25) is 0 Å². The molecule has 0 atom stereocenters. The van der Waals surface area contributed by atoms with E-state index in [1.807, 2.05) is 13.8 Å². The smallest absolute Gasteiger partial charge is 0.159 e. The van der Waals surface area contributed by atoms with Gasteiger partial charge in [0.15, 0.2) is 5.01 Å². The quantitative estimate of drug-likeness (QED) is 0.832. The molecule has 0 radical (unpaired) electrons. The van der Waals surface area contributed by atoms with E-state index >= 15 is 0 Å². The first-order valence-electron chi connectivity index (χ1n) is 6.56. The van der Waals surface area contributed by atoms with Gasteiger partial charge in [-0.25, -0.2) is 4.98 Å². The topological polar surface area (TPSA) is 50.7 Å². The van der Waals surface area contributed by atoms with Gasteiger partial charge in [0.05, 0.1) is 15.6 Å². The van der Waals surface area contributed by atoms with Crippen molar-refractivity contribution >= 4 is 22.7 Å². The van der Waals surface area contributed by atoms with Crippen LogP contribution in [0.5, 0.6) is 0 Å². The Kier molecular flexibility index (Phi) is 5.01. The van der Waals surface area contributed by atoms with E-state index in [4.69, 9.17) is 0 Å². The highest BCUT2D eigenvalue weighted by molar-refractivity contribution is 7.21. The number of hydrogen-bond donors (Lipinski definition) is 1. The predicted molar refractivity (Wildman–Crippen MR) is 82.0 cm³/mol. The van der Waals surface area contributed by atoms with Crippen LogP contribution in [-0.2, 0) is 6.42 Å². The second-order valence-electron chi connectivity index (χ2n) is 4.86. The highest BCUT2D eigenvalue weighted by Crippen LogP contribution is 2.31. The molecule has 104 valence electrons. The van der Waals surface area contributed by atoms with Crippen molar-refractivity contribution < 1.29 is 0 Å². The van der Waals surface area contributed by atoms with Gasteiger partial charge in [0.2, 0.25) is 0 Å². The molecular formula is C13H20N4S2. The van der Waals surface area contributed by atoms with Crippen molar-refractivity contribution in [3.8, 4) is 9.88 Å². The van der Waals surface area contributed by atoms with Crippen LogP contribution >= 0.6 is 22.7 Å². The maximum Gasteiger partial charge on any atom is 0.159 e. The SMILES string of the molecule is Cc1nc(C)c(-c2nnc(CCCNC(C)C)s2)s1. The maximum absolute atomic E-state index is 4.44. The molecule has 2 aromatic rings. The fourth-order valence-electron chi connectivity index (χ4n) is 1.81. The third-order valence-corrected chi connectivity index (χ3v) is 4.89. The van der Waals surface area contributed by atoms with Gasteiger partial charge in [0, 0.05) is 12.5 Å². The molecule has 0 bridgehead atoms. The van der Waals surface area contributed by atoms with Gasteiger partial charge in [0.1, 0.15) is 5.01 Å². The summed E-state index contributed by atoms with van der Waals surface area (Å²) in [4.78, 5) is 5.61. The summed E-state index contributed by atoms with van der Waals surface area (Å²) in [5, 5.41) is 15.2. The molecule has 0 aliphatic carbocycles. The summed E-state index contributed by atoms with van der Waals surface area (Å²) in [6.45, 7) is 9.42. The zero-order valence-corrected chi connectivity index (χ0v) is 13.5. The first kappa shape index (κ1) is 14.6. The molecule has 2 heterocycles. The average molecular weight is 296 g/mol. The minimum Gasteiger partial charge on any atom is -0.315 e. The van der Waals surface area contributed by atoms with Gasteiger partial charge < -0.3 is 5.32 Å². The minimum absolute atomic E-state index is 0.549. The van der Waals surface area contributed by atoms with Gasteiger partial charge in [-0.1, -0.05) is 25.2 Å². The van der Waals surface area contributed by atoms with Gasteiger partial charge in [0.25, 0.3) is 0 Å². The average Bonchev–Trinajstić information content (AvgIpc) is 2.91. The van der Waals surface area contributed by atoms with Crippen LogP contribution < -0.4 is 5.32 Å². The van der Waals surface area contributed by atoms with Crippen LogP contribution in [0.1, 0.15) is 36.0 Å². The molecule has 19 heavy (non-hydrogen) atoms. The summed E-state index contributed by atoms with van der Waals surface area (Å²) in [5.41, 5.74) is 1.06. The Labute approximate surface area is 122 Å². The van der Waals surface area contributed by atoms with Crippen LogP contribution in [0.25, 0.3) is 9.88 Å². The molecule has 0 aliphatic rings. The molecule has 0 fully saturated rings. The van der Waals surface area contributed by atoms with Crippen LogP contribution in [0.2, 0.25) is 0 Å². The number of aromatic nitrogens is 3. The Bertz CT molecular complexity index is 530. The number of thiazole rings is 1. The first-order chi connectivity index (χ1) is 9.06. The monoisotopic (exact) mass is 296 g/mol. The summed E-state index contributed by atoms with van der Waals surface area (Å²) in [5.74, 6) is 0. The van der Waals surface area contributed by atoms with Crippen molar-refractivity contribution in [2.75, 3.05) is 6.54 Å². The zero-order chi connectivity index (χ0) is 13.8. The van der Waals surface area contributed by atoms with E-state index < -0.39 is 0 Å². The molecule has 4 nitrogen and oxygen atoms in total. The largest absolute Gasteiger partial charge is 0.315 e. The standard InChI is InChI=1S/C13H20N4S2/c1-8(2)14-7-5-6-11-16-17-13(19-11)12-9(3)15-10(4)18-12/h8,14H,5-7H2,1-4H3. The van der Waals surface area contributed by atoms with Gasteiger partial charge in [-0.2, -0.15) is 0 Å². The van der Waals surface area contributed by atoms with E-state index in [-0.39, 0.29) is 0 Å². The molecule has 0 aliphatic heterocycles. The fourth-order valence-corrected chi connectivity index (χ4v) is 3.73. The second-order valence-corrected chi connectivity index (χ2v) is 7.13. The fraction of sp³-hybridized carbons (Fsp3) is 0.615. The molecule has 6 heteroatoms. The van der Waals surface area contributed by atoms with Crippen molar-refractivity contribution in [1.29, 1.82) is 0 Å². The number of nitrogens with zero attached hydrogens (tertiary/aromatic N) is 3. The van der Waals surface area contributed by atoms with E-state index in [0.29, 0.717) is 6.04 Å². The Balaban J connectivity index is 1.94. The predicted octanol–water partition coefficient (Wildman–Crippen LogP) is 3.21. The van der Waals surface area contributed by atoms with Crippen LogP contribution in [0.4, 0.5) is 0 Å². The summed E-state index contributed by atoms with van der Waals surface area (Å²) in [6, 6.07) is 0.549. The Morgan fingerprint density at radius 1 is 1.16 bits per heavy atom. The Morgan fingerprint density at radius 2 is 1.95 bits per heavy atom. The number of aryl methyl sites for hydroxylation is 3. The molecule has 0 unspecified atom stereocenters. The van der Waals surface area contributed by atoms with E-state index in [0.717, 1.165) is 40.1 Å². The number of rotatable bonds is 6. The van der Waals surface area contributed by atoms with E-state index in [1.54, 1.807) is 22.7 Å². The molecule has 0 saturated carbocycles. The van der Waals surface area contributed by atoms with Crippen LogP contribution in [-0.4, -0.2) is 27.8 Å². The van der Waals surface area contributed by atoms with Crippen molar-refractivity contribution in [3.63, 3.8) is 0 Å². The molecular weight excluding hydrogens is 276 g/mol. The Morgan fingerprint density at radius 3 is 2.58 bits per heavy atom. The molecule has 2 rings (SSSR count). The van der Waals surface area contributed by atoms with Gasteiger partial charge in [-0.05, 0) is 26.8 Å². The third-order valence-electron chi connectivity index (χ3n) is 2.68. The molecule has 0 amide bonds. The zero-order valence-electron chi connectivity index (χ0n) is 11.9. The van der Waals surface area contributed by atoms with Crippen LogP contribution in [0, 0.1) is 13.8 Å².